The number of rotatable bonds is 2. The quantitative estimate of drug-likeness (QED) is 0.533. The summed E-state index contributed by atoms with van der Waals surface area (Å²) in [5.41, 5.74) is 0. The molecule has 0 spiro atoms. The van der Waals surface area contributed by atoms with Crippen LogP contribution in [-0.2, 0) is 9.47 Å². The molecule has 1 saturated heterocycles. The molecule has 2 unspecified atom stereocenters. The van der Waals surface area contributed by atoms with Crippen molar-refractivity contribution in [1.29, 1.82) is 0 Å². The van der Waals surface area contributed by atoms with Gasteiger partial charge in [-0.1, -0.05) is 0 Å². The van der Waals surface area contributed by atoms with Crippen molar-refractivity contribution >= 4 is 0 Å². The van der Waals surface area contributed by atoms with E-state index in [0.29, 0.717) is 6.42 Å². The molecule has 0 saturated carbocycles. The zero-order chi connectivity index (χ0) is 7.56. The minimum absolute atomic E-state index is 0.152. The molecule has 0 aliphatic carbocycles. The van der Waals surface area contributed by atoms with Gasteiger partial charge in [-0.3, -0.25) is 0 Å². The molecular weight excluding hydrogens is 136 g/mol. The molecule has 3 atom stereocenters. The maximum Gasteiger partial charge on any atom is 0.160 e. The van der Waals surface area contributed by atoms with Crippen LogP contribution in [0.4, 0.5) is 0 Å². The third-order valence-corrected chi connectivity index (χ3v) is 1.63. The van der Waals surface area contributed by atoms with Crippen LogP contribution in [0.5, 0.6) is 0 Å². The number of methoxy groups -OCH3 is 1. The lowest BCUT2D eigenvalue weighted by molar-refractivity contribution is -0.127. The third kappa shape index (κ3) is 1.46. The molecule has 1 heterocycles. The fraction of sp³-hybridized carbons (Fsp3) is 1.00. The van der Waals surface area contributed by atoms with E-state index in [1.807, 2.05) is 0 Å². The molecule has 0 aromatic heterocycles. The minimum Gasteiger partial charge on any atom is -0.394 e. The summed E-state index contributed by atoms with van der Waals surface area (Å²) < 4.78 is 9.87. The first kappa shape index (κ1) is 7.94. The summed E-state index contributed by atoms with van der Waals surface area (Å²) in [6, 6.07) is 0. The van der Waals surface area contributed by atoms with Crippen LogP contribution in [0.2, 0.25) is 0 Å². The van der Waals surface area contributed by atoms with Crippen LogP contribution in [0.1, 0.15) is 6.42 Å². The Kier molecular flexibility index (Phi) is 2.62. The van der Waals surface area contributed by atoms with Gasteiger partial charge in [0.1, 0.15) is 6.10 Å². The lowest BCUT2D eigenvalue weighted by Gasteiger charge is -2.09. The zero-order valence-electron chi connectivity index (χ0n) is 5.86. The van der Waals surface area contributed by atoms with Crippen LogP contribution in [0, 0.1) is 0 Å². The van der Waals surface area contributed by atoms with E-state index in [1.165, 1.54) is 7.11 Å². The Morgan fingerprint density at radius 1 is 1.70 bits per heavy atom. The highest BCUT2D eigenvalue weighted by Gasteiger charge is 2.32. The van der Waals surface area contributed by atoms with E-state index in [4.69, 9.17) is 19.7 Å². The molecule has 4 nitrogen and oxygen atoms in total. The Bertz CT molecular complexity index is 106. The molecule has 4 heteroatoms. The van der Waals surface area contributed by atoms with Gasteiger partial charge < -0.3 is 19.7 Å². The van der Waals surface area contributed by atoms with E-state index in [9.17, 15) is 0 Å². The summed E-state index contributed by atoms with van der Waals surface area (Å²) in [7, 11) is 1.51. The smallest absolute Gasteiger partial charge is 0.160 e. The Morgan fingerprint density at radius 2 is 2.40 bits per heavy atom. The monoisotopic (exact) mass is 148 g/mol. The molecule has 10 heavy (non-hydrogen) atoms. The van der Waals surface area contributed by atoms with Crippen molar-refractivity contribution in [2.75, 3.05) is 13.7 Å². The summed E-state index contributed by atoms with van der Waals surface area (Å²) in [5, 5.41) is 17.7. The van der Waals surface area contributed by atoms with Gasteiger partial charge in [-0.05, 0) is 0 Å². The standard InChI is InChI=1S/C6H12O4/c1-9-6-2-4(8)5(3-7)10-6/h4-8H,2-3H2,1H3/t4?,5-,6?/m0/s1. The topological polar surface area (TPSA) is 58.9 Å². The van der Waals surface area contributed by atoms with Crippen molar-refractivity contribution in [2.24, 2.45) is 0 Å². The van der Waals surface area contributed by atoms with Gasteiger partial charge in [0.25, 0.3) is 0 Å². The first-order valence-electron chi connectivity index (χ1n) is 3.25. The second-order valence-corrected chi connectivity index (χ2v) is 2.33. The molecule has 1 fully saturated rings. The van der Waals surface area contributed by atoms with Gasteiger partial charge in [0.05, 0.1) is 12.7 Å². The highest BCUT2D eigenvalue weighted by molar-refractivity contribution is 4.76. The van der Waals surface area contributed by atoms with Gasteiger partial charge in [0.15, 0.2) is 6.29 Å². The van der Waals surface area contributed by atoms with Gasteiger partial charge in [-0.2, -0.15) is 0 Å². The van der Waals surface area contributed by atoms with E-state index in [0.717, 1.165) is 0 Å². The van der Waals surface area contributed by atoms with E-state index in [-0.39, 0.29) is 12.9 Å². The Hall–Kier alpha value is -0.160. The van der Waals surface area contributed by atoms with Crippen molar-refractivity contribution in [3.05, 3.63) is 0 Å². The molecule has 0 bridgehead atoms. The molecule has 1 aliphatic rings. The first-order chi connectivity index (χ1) is 4.77. The van der Waals surface area contributed by atoms with E-state index >= 15 is 0 Å². The number of ether oxygens (including phenoxy) is 2. The van der Waals surface area contributed by atoms with E-state index in [1.54, 1.807) is 0 Å². The molecule has 1 rings (SSSR count). The van der Waals surface area contributed by atoms with Crippen LogP contribution in [0.3, 0.4) is 0 Å². The summed E-state index contributed by atoms with van der Waals surface area (Å²) in [4.78, 5) is 0. The third-order valence-electron chi connectivity index (χ3n) is 1.63. The van der Waals surface area contributed by atoms with Crippen LogP contribution in [0.25, 0.3) is 0 Å². The molecule has 1 aliphatic heterocycles. The molecular formula is C6H12O4. The normalized spacial score (nSPS) is 40.5. The second-order valence-electron chi connectivity index (χ2n) is 2.33. The van der Waals surface area contributed by atoms with Gasteiger partial charge in [0.2, 0.25) is 0 Å². The summed E-state index contributed by atoms with van der Waals surface area (Å²) in [6.07, 6.45) is -0.964. The molecule has 0 aromatic carbocycles. The van der Waals surface area contributed by atoms with Gasteiger partial charge in [0, 0.05) is 13.5 Å². The largest absolute Gasteiger partial charge is 0.394 e. The van der Waals surface area contributed by atoms with Crippen molar-refractivity contribution < 1.29 is 19.7 Å². The maximum atomic E-state index is 9.13. The first-order valence-corrected chi connectivity index (χ1v) is 3.25. The van der Waals surface area contributed by atoms with Crippen molar-refractivity contribution in [3.63, 3.8) is 0 Å². The SMILES string of the molecule is COC1CC(O)[C@H](CO)O1. The highest BCUT2D eigenvalue weighted by Crippen LogP contribution is 2.19. The average Bonchev–Trinajstić information content (AvgIpc) is 2.30. The van der Waals surface area contributed by atoms with Gasteiger partial charge >= 0.3 is 0 Å². The number of hydrogen-bond donors (Lipinski definition) is 2. The minimum atomic E-state index is -0.588. The average molecular weight is 148 g/mol. The number of aliphatic hydroxyl groups is 2. The van der Waals surface area contributed by atoms with Crippen molar-refractivity contribution in [1.82, 2.24) is 0 Å². The Labute approximate surface area is 59.4 Å². The van der Waals surface area contributed by atoms with Crippen molar-refractivity contribution in [2.45, 2.75) is 24.9 Å². The van der Waals surface area contributed by atoms with Crippen LogP contribution < -0.4 is 0 Å². The molecule has 60 valence electrons. The summed E-state index contributed by atoms with van der Waals surface area (Å²) in [6.45, 7) is -0.152. The second kappa shape index (κ2) is 3.30. The Balaban J connectivity index is 2.36. The van der Waals surface area contributed by atoms with E-state index in [2.05, 4.69) is 0 Å². The number of hydrogen-bond acceptors (Lipinski definition) is 4. The van der Waals surface area contributed by atoms with Crippen LogP contribution >= 0.6 is 0 Å². The predicted molar refractivity (Wildman–Crippen MR) is 33.4 cm³/mol. The molecule has 0 radical (unpaired) electrons. The highest BCUT2D eigenvalue weighted by atomic mass is 16.7. The van der Waals surface area contributed by atoms with Gasteiger partial charge in [-0.25, -0.2) is 0 Å². The predicted octanol–water partition coefficient (Wildman–Crippen LogP) is -0.899. The zero-order valence-corrected chi connectivity index (χ0v) is 5.86. The number of aliphatic hydroxyl groups excluding tert-OH is 2. The summed E-state index contributed by atoms with van der Waals surface area (Å²) >= 11 is 0. The lowest BCUT2D eigenvalue weighted by Crippen LogP contribution is -2.24. The maximum absolute atomic E-state index is 9.13. The molecule has 2 N–H and O–H groups in total. The summed E-state index contributed by atoms with van der Waals surface area (Å²) in [5.74, 6) is 0. The lowest BCUT2D eigenvalue weighted by atomic mass is 10.2. The Morgan fingerprint density at radius 3 is 2.70 bits per heavy atom. The van der Waals surface area contributed by atoms with E-state index < -0.39 is 12.2 Å². The van der Waals surface area contributed by atoms with Gasteiger partial charge in [-0.15, -0.1) is 0 Å². The fourth-order valence-corrected chi connectivity index (χ4v) is 1.01. The van der Waals surface area contributed by atoms with Crippen LogP contribution in [0.15, 0.2) is 0 Å². The molecule has 0 aromatic rings. The fourth-order valence-electron chi connectivity index (χ4n) is 1.01. The van der Waals surface area contributed by atoms with Crippen molar-refractivity contribution in [3.8, 4) is 0 Å². The molecule has 0 amide bonds. The van der Waals surface area contributed by atoms with Crippen LogP contribution in [-0.4, -0.2) is 42.4 Å².